The van der Waals surface area contributed by atoms with E-state index in [1.165, 1.54) is 6.92 Å². The first-order valence-corrected chi connectivity index (χ1v) is 6.91. The maximum atomic E-state index is 12.7. The predicted molar refractivity (Wildman–Crippen MR) is 77.9 cm³/mol. The van der Waals surface area contributed by atoms with Gasteiger partial charge in [0.15, 0.2) is 0 Å². The number of ether oxygens (including phenoxy) is 1. The number of carbonyl (C=O) groups excluding carboxylic acids is 2. The molecule has 0 spiro atoms. The zero-order valence-corrected chi connectivity index (χ0v) is 12.7. The molecule has 0 N–H and O–H groups in total. The summed E-state index contributed by atoms with van der Waals surface area (Å²) in [6.45, 7) is -1.66. The van der Waals surface area contributed by atoms with Crippen LogP contribution < -0.4 is 4.74 Å². The van der Waals surface area contributed by atoms with Crippen molar-refractivity contribution >= 4 is 11.6 Å². The Balaban J connectivity index is 2.29. The smallest absolute Gasteiger partial charge is 0.416 e. The second-order valence-corrected chi connectivity index (χ2v) is 5.10. The van der Waals surface area contributed by atoms with Crippen LogP contribution >= 0.6 is 0 Å². The Kier molecular flexibility index (Phi) is 5.20. The molecule has 0 aliphatic heterocycles. The van der Waals surface area contributed by atoms with Gasteiger partial charge in [-0.15, -0.1) is 0 Å². The van der Waals surface area contributed by atoms with Gasteiger partial charge < -0.3 is 4.74 Å². The normalized spacial score (nSPS) is 11.5. The van der Waals surface area contributed by atoms with Crippen LogP contribution in [-0.2, 0) is 6.18 Å². The molecule has 25 heavy (non-hydrogen) atoms. The number of alkyl halides is 5. The monoisotopic (exact) mass is 358 g/mol. The molecule has 0 radical (unpaired) electrons. The van der Waals surface area contributed by atoms with Crippen LogP contribution in [0, 0.1) is 6.92 Å². The van der Waals surface area contributed by atoms with Gasteiger partial charge in [-0.05, 0) is 42.8 Å². The van der Waals surface area contributed by atoms with E-state index in [-0.39, 0.29) is 16.9 Å². The van der Waals surface area contributed by atoms with Crippen LogP contribution in [0.5, 0.6) is 5.75 Å². The number of ketones is 2. The lowest BCUT2D eigenvalue weighted by Gasteiger charge is -2.10. The summed E-state index contributed by atoms with van der Waals surface area (Å²) in [5, 5.41) is 0. The molecule has 2 aromatic carbocycles. The van der Waals surface area contributed by atoms with Gasteiger partial charge >= 0.3 is 12.8 Å². The predicted octanol–water partition coefficient (Wildman–Crippen LogP) is 4.68. The van der Waals surface area contributed by atoms with Crippen molar-refractivity contribution in [2.24, 2.45) is 0 Å². The number of carbonyl (C=O) groups is 2. The van der Waals surface area contributed by atoms with Gasteiger partial charge in [-0.1, -0.05) is 12.1 Å². The minimum absolute atomic E-state index is 0.137. The van der Waals surface area contributed by atoms with E-state index in [0.29, 0.717) is 6.07 Å². The van der Waals surface area contributed by atoms with Crippen molar-refractivity contribution in [2.75, 3.05) is 0 Å². The van der Waals surface area contributed by atoms with Gasteiger partial charge in [-0.25, -0.2) is 0 Å². The van der Waals surface area contributed by atoms with E-state index in [1.807, 2.05) is 0 Å². The van der Waals surface area contributed by atoms with Gasteiger partial charge in [-0.2, -0.15) is 22.0 Å². The third-order valence-corrected chi connectivity index (χ3v) is 3.31. The van der Waals surface area contributed by atoms with E-state index >= 15 is 0 Å². The summed E-state index contributed by atoms with van der Waals surface area (Å²) in [7, 11) is 0. The standard InChI is InChI=1S/C17H11F5O3/c1-9-7-11(5-6-13(9)25-16(18)19)15(24)14(23)10-3-2-4-12(8-10)17(20,21)22/h2-8,16H,1H3. The Labute approximate surface area is 139 Å². The van der Waals surface area contributed by atoms with Gasteiger partial charge in [-0.3, -0.25) is 9.59 Å². The van der Waals surface area contributed by atoms with Crippen LogP contribution in [-0.4, -0.2) is 18.2 Å². The van der Waals surface area contributed by atoms with Crippen molar-refractivity contribution in [1.29, 1.82) is 0 Å². The molecule has 3 nitrogen and oxygen atoms in total. The van der Waals surface area contributed by atoms with Crippen LogP contribution in [0.15, 0.2) is 42.5 Å². The Morgan fingerprint density at radius 1 is 0.960 bits per heavy atom. The highest BCUT2D eigenvalue weighted by atomic mass is 19.4. The van der Waals surface area contributed by atoms with Gasteiger partial charge in [0.2, 0.25) is 11.6 Å². The highest BCUT2D eigenvalue weighted by molar-refractivity contribution is 6.49. The number of hydrogen-bond donors (Lipinski definition) is 0. The number of Topliss-reactive ketones (excluding diaryl/α,β-unsaturated/α-hetero) is 2. The van der Waals surface area contributed by atoms with Gasteiger partial charge in [0, 0.05) is 11.1 Å². The molecule has 2 rings (SSSR count). The number of hydrogen-bond acceptors (Lipinski definition) is 3. The molecular weight excluding hydrogens is 347 g/mol. The third-order valence-electron chi connectivity index (χ3n) is 3.31. The molecule has 0 saturated heterocycles. The van der Waals surface area contributed by atoms with Gasteiger partial charge in [0.05, 0.1) is 5.56 Å². The summed E-state index contributed by atoms with van der Waals surface area (Å²) in [4.78, 5) is 24.3. The van der Waals surface area contributed by atoms with Crippen molar-refractivity contribution in [2.45, 2.75) is 19.7 Å². The summed E-state index contributed by atoms with van der Waals surface area (Å²) in [5.41, 5.74) is -1.42. The SMILES string of the molecule is Cc1cc(C(=O)C(=O)c2cccc(C(F)(F)F)c2)ccc1OC(F)F. The van der Waals surface area contributed by atoms with Crippen molar-refractivity contribution in [3.8, 4) is 5.75 Å². The molecule has 0 aliphatic carbocycles. The second-order valence-electron chi connectivity index (χ2n) is 5.10. The van der Waals surface area contributed by atoms with Gasteiger partial charge in [0.1, 0.15) is 5.75 Å². The van der Waals surface area contributed by atoms with Crippen molar-refractivity contribution in [3.63, 3.8) is 0 Å². The highest BCUT2D eigenvalue weighted by Gasteiger charge is 2.31. The minimum Gasteiger partial charge on any atom is -0.435 e. The quantitative estimate of drug-likeness (QED) is 0.443. The van der Waals surface area contributed by atoms with Crippen LogP contribution in [0.4, 0.5) is 22.0 Å². The summed E-state index contributed by atoms with van der Waals surface area (Å²) >= 11 is 0. The maximum absolute atomic E-state index is 12.7. The Bertz CT molecular complexity index is 812. The third kappa shape index (κ3) is 4.40. The molecule has 0 amide bonds. The molecule has 0 bridgehead atoms. The Morgan fingerprint density at radius 2 is 1.56 bits per heavy atom. The lowest BCUT2D eigenvalue weighted by molar-refractivity contribution is -0.137. The number of halogens is 5. The summed E-state index contributed by atoms with van der Waals surface area (Å²) < 4.78 is 66.7. The lowest BCUT2D eigenvalue weighted by Crippen LogP contribution is -2.16. The van der Waals surface area contributed by atoms with Gasteiger partial charge in [0.25, 0.3) is 0 Å². The molecule has 0 fully saturated rings. The van der Waals surface area contributed by atoms with E-state index in [1.54, 1.807) is 0 Å². The van der Waals surface area contributed by atoms with Crippen molar-refractivity contribution in [1.82, 2.24) is 0 Å². The average molecular weight is 358 g/mol. The van der Waals surface area contributed by atoms with Crippen LogP contribution in [0.3, 0.4) is 0 Å². The van der Waals surface area contributed by atoms with E-state index in [9.17, 15) is 31.5 Å². The summed E-state index contributed by atoms with van der Waals surface area (Å²) in [5.74, 6) is -2.35. The second kappa shape index (κ2) is 7.00. The van der Waals surface area contributed by atoms with E-state index < -0.39 is 35.5 Å². The molecule has 0 atom stereocenters. The minimum atomic E-state index is -4.65. The van der Waals surface area contributed by atoms with Crippen molar-refractivity contribution in [3.05, 3.63) is 64.7 Å². The first-order chi connectivity index (χ1) is 11.6. The Morgan fingerprint density at radius 3 is 2.08 bits per heavy atom. The van der Waals surface area contributed by atoms with Crippen LogP contribution in [0.25, 0.3) is 0 Å². The Hall–Kier alpha value is -2.77. The zero-order chi connectivity index (χ0) is 18.8. The molecule has 0 heterocycles. The fourth-order valence-corrected chi connectivity index (χ4v) is 2.12. The largest absolute Gasteiger partial charge is 0.435 e. The first-order valence-electron chi connectivity index (χ1n) is 6.91. The fraction of sp³-hybridized carbons (Fsp3) is 0.176. The summed E-state index contributed by atoms with van der Waals surface area (Å²) in [6, 6.07) is 6.83. The highest BCUT2D eigenvalue weighted by Crippen LogP contribution is 2.30. The molecular formula is C17H11F5O3. The molecule has 0 aliphatic rings. The van der Waals surface area contributed by atoms with Crippen LogP contribution in [0.1, 0.15) is 31.8 Å². The first kappa shape index (κ1) is 18.6. The summed E-state index contributed by atoms with van der Waals surface area (Å²) in [6.07, 6.45) is -4.65. The molecule has 8 heteroatoms. The molecule has 0 unspecified atom stereocenters. The van der Waals surface area contributed by atoms with E-state index in [2.05, 4.69) is 4.74 Å². The number of benzene rings is 2. The zero-order valence-electron chi connectivity index (χ0n) is 12.7. The number of rotatable bonds is 5. The molecule has 132 valence electrons. The molecule has 0 aromatic heterocycles. The van der Waals surface area contributed by atoms with E-state index in [0.717, 1.165) is 36.4 Å². The topological polar surface area (TPSA) is 43.4 Å². The maximum Gasteiger partial charge on any atom is 0.416 e. The fourth-order valence-electron chi connectivity index (χ4n) is 2.12. The van der Waals surface area contributed by atoms with Crippen molar-refractivity contribution < 1.29 is 36.3 Å². The van der Waals surface area contributed by atoms with E-state index in [4.69, 9.17) is 0 Å². The van der Waals surface area contributed by atoms with Crippen LogP contribution in [0.2, 0.25) is 0 Å². The molecule has 2 aromatic rings. The average Bonchev–Trinajstić information content (AvgIpc) is 2.54. The molecule has 0 saturated carbocycles. The lowest BCUT2D eigenvalue weighted by atomic mass is 9.98. The number of aryl methyl sites for hydroxylation is 1.